The van der Waals surface area contributed by atoms with Crippen LogP contribution in [-0.4, -0.2) is 19.7 Å². The number of aromatic amines is 1. The topological polar surface area (TPSA) is 70.4 Å². The molecule has 8 heteroatoms. The fraction of sp³-hybridized carbons (Fsp3) is 0.400. The van der Waals surface area contributed by atoms with Crippen molar-refractivity contribution in [2.75, 3.05) is 0 Å². The van der Waals surface area contributed by atoms with Gasteiger partial charge in [-0.2, -0.15) is 22.8 Å². The number of fused-ring (bicyclic) bond motifs is 1. The molecule has 28 heavy (non-hydrogen) atoms. The molecule has 2 N–H and O–H groups in total. The molecule has 0 atom stereocenters. The normalized spacial score (nSPS) is 16.0. The maximum atomic E-state index is 13.7. The lowest BCUT2D eigenvalue weighted by Gasteiger charge is -2.22. The number of hydrogen-bond acceptors (Lipinski definition) is 3. The number of benzene rings is 1. The summed E-state index contributed by atoms with van der Waals surface area (Å²) in [5, 5.41) is 13.8. The summed E-state index contributed by atoms with van der Waals surface area (Å²) in [6.07, 6.45) is 0.726. The second-order valence-electron chi connectivity index (χ2n) is 7.38. The van der Waals surface area contributed by atoms with Gasteiger partial charge in [0.25, 0.3) is 5.56 Å². The van der Waals surface area contributed by atoms with Crippen LogP contribution in [0, 0.1) is 6.92 Å². The molecular weight excluding hydrogens is 371 g/mol. The number of phenolic OH excluding ortho intramolecular Hbond substituents is 1. The van der Waals surface area contributed by atoms with E-state index in [0.29, 0.717) is 12.8 Å². The molecule has 1 saturated carbocycles. The second-order valence-corrected chi connectivity index (χ2v) is 7.38. The average molecular weight is 391 g/mol. The summed E-state index contributed by atoms with van der Waals surface area (Å²) in [4.78, 5) is 15.8. The molecule has 0 saturated heterocycles. The van der Waals surface area contributed by atoms with Crippen molar-refractivity contribution >= 4 is 5.65 Å². The molecule has 1 fully saturated rings. The van der Waals surface area contributed by atoms with Gasteiger partial charge in [-0.05, 0) is 37.3 Å². The molecule has 1 aliphatic rings. The van der Waals surface area contributed by atoms with E-state index in [1.165, 1.54) is 12.3 Å². The quantitative estimate of drug-likeness (QED) is 0.661. The summed E-state index contributed by atoms with van der Waals surface area (Å²) >= 11 is 0. The van der Waals surface area contributed by atoms with Crippen LogP contribution in [0.4, 0.5) is 13.2 Å². The van der Waals surface area contributed by atoms with Crippen LogP contribution in [0.2, 0.25) is 0 Å². The molecule has 3 aromatic rings. The third-order valence-corrected chi connectivity index (χ3v) is 5.42. The lowest BCUT2D eigenvalue weighted by molar-refractivity contribution is -0.142. The maximum Gasteiger partial charge on any atom is 0.435 e. The van der Waals surface area contributed by atoms with E-state index < -0.39 is 17.4 Å². The van der Waals surface area contributed by atoms with E-state index in [0.717, 1.165) is 29.3 Å². The number of alkyl halides is 3. The average Bonchev–Trinajstić information content (AvgIpc) is 3.04. The predicted molar refractivity (Wildman–Crippen MR) is 98.5 cm³/mol. The van der Waals surface area contributed by atoms with Gasteiger partial charge in [-0.15, -0.1) is 0 Å². The van der Waals surface area contributed by atoms with Gasteiger partial charge in [-0.25, -0.2) is 0 Å². The standard InChI is InChI=1S/C20H20F3N3O2/c1-11-7-8-13(15(27)9-11)14-10-24-18-16(12-5-3-2-4-6-12)17(20(21,22)23)25-26(18)19(14)28/h7-10,12,24,27H,2-6H2,1H3. The summed E-state index contributed by atoms with van der Waals surface area (Å²) < 4.78 is 41.8. The van der Waals surface area contributed by atoms with Gasteiger partial charge in [0.1, 0.15) is 11.4 Å². The van der Waals surface area contributed by atoms with Gasteiger partial charge in [0, 0.05) is 17.3 Å². The molecule has 0 spiro atoms. The molecule has 0 unspecified atom stereocenters. The van der Waals surface area contributed by atoms with Gasteiger partial charge in [0.2, 0.25) is 0 Å². The van der Waals surface area contributed by atoms with Crippen molar-refractivity contribution in [1.82, 2.24) is 14.6 Å². The predicted octanol–water partition coefficient (Wildman–Crippen LogP) is 4.77. The Kier molecular flexibility index (Phi) is 4.44. The van der Waals surface area contributed by atoms with Gasteiger partial charge in [-0.1, -0.05) is 31.4 Å². The van der Waals surface area contributed by atoms with Crippen LogP contribution < -0.4 is 5.56 Å². The number of nitrogens with one attached hydrogen (secondary N) is 1. The van der Waals surface area contributed by atoms with Crippen LogP contribution in [0.25, 0.3) is 16.8 Å². The highest BCUT2D eigenvalue weighted by Gasteiger charge is 2.41. The lowest BCUT2D eigenvalue weighted by Crippen LogP contribution is -2.18. The highest BCUT2D eigenvalue weighted by Crippen LogP contribution is 2.41. The fourth-order valence-corrected chi connectivity index (χ4v) is 4.08. The highest BCUT2D eigenvalue weighted by molar-refractivity contribution is 5.70. The molecule has 0 radical (unpaired) electrons. The Morgan fingerprint density at radius 1 is 1.18 bits per heavy atom. The summed E-state index contributed by atoms with van der Waals surface area (Å²) in [5.41, 5.74) is -0.424. The van der Waals surface area contributed by atoms with E-state index in [9.17, 15) is 23.1 Å². The number of aryl methyl sites for hydroxylation is 1. The first-order valence-electron chi connectivity index (χ1n) is 9.29. The van der Waals surface area contributed by atoms with Gasteiger partial charge in [0.05, 0.1) is 5.56 Å². The first-order valence-corrected chi connectivity index (χ1v) is 9.29. The van der Waals surface area contributed by atoms with E-state index in [2.05, 4.69) is 10.1 Å². The molecule has 148 valence electrons. The second kappa shape index (κ2) is 6.68. The SMILES string of the molecule is Cc1ccc(-c2c[nH]c3c(C4CCCCC4)c(C(F)(F)F)nn3c2=O)c(O)c1. The number of H-pyrrole nitrogens is 1. The van der Waals surface area contributed by atoms with E-state index >= 15 is 0 Å². The summed E-state index contributed by atoms with van der Waals surface area (Å²) in [7, 11) is 0. The summed E-state index contributed by atoms with van der Waals surface area (Å²) in [5.74, 6) is -0.391. The molecular formula is C20H20F3N3O2. The molecule has 5 nitrogen and oxygen atoms in total. The minimum absolute atomic E-state index is 0.0661. The Bertz CT molecular complexity index is 1090. The Balaban J connectivity index is 1.95. The Labute approximate surface area is 158 Å². The molecule has 0 bridgehead atoms. The van der Waals surface area contributed by atoms with Crippen molar-refractivity contribution in [3.63, 3.8) is 0 Å². The van der Waals surface area contributed by atoms with Crippen LogP contribution in [0.3, 0.4) is 0 Å². The number of hydrogen-bond donors (Lipinski definition) is 2. The number of halogens is 3. The maximum absolute atomic E-state index is 13.7. The minimum Gasteiger partial charge on any atom is -0.507 e. The molecule has 1 aromatic carbocycles. The Morgan fingerprint density at radius 2 is 1.89 bits per heavy atom. The van der Waals surface area contributed by atoms with Crippen LogP contribution in [0.15, 0.2) is 29.2 Å². The lowest BCUT2D eigenvalue weighted by atomic mass is 9.84. The van der Waals surface area contributed by atoms with Crippen molar-refractivity contribution in [3.05, 3.63) is 51.6 Å². The van der Waals surface area contributed by atoms with Crippen molar-refractivity contribution in [2.24, 2.45) is 0 Å². The summed E-state index contributed by atoms with van der Waals surface area (Å²) in [6, 6.07) is 4.78. The highest BCUT2D eigenvalue weighted by atomic mass is 19.4. The smallest absolute Gasteiger partial charge is 0.435 e. The van der Waals surface area contributed by atoms with E-state index in [-0.39, 0.29) is 34.0 Å². The first-order chi connectivity index (χ1) is 13.3. The number of phenols is 1. The Hall–Kier alpha value is -2.77. The van der Waals surface area contributed by atoms with Gasteiger partial charge >= 0.3 is 6.18 Å². The first kappa shape index (κ1) is 18.6. The molecule has 0 aliphatic heterocycles. The van der Waals surface area contributed by atoms with Gasteiger partial charge < -0.3 is 10.1 Å². The van der Waals surface area contributed by atoms with Crippen LogP contribution >= 0.6 is 0 Å². The van der Waals surface area contributed by atoms with Crippen molar-refractivity contribution in [2.45, 2.75) is 51.1 Å². The molecule has 1 aliphatic carbocycles. The van der Waals surface area contributed by atoms with Gasteiger partial charge in [-0.3, -0.25) is 4.79 Å². The monoisotopic (exact) mass is 391 g/mol. The van der Waals surface area contributed by atoms with Crippen molar-refractivity contribution in [3.8, 4) is 16.9 Å². The van der Waals surface area contributed by atoms with E-state index in [1.807, 2.05) is 0 Å². The van der Waals surface area contributed by atoms with Crippen molar-refractivity contribution < 1.29 is 18.3 Å². The third kappa shape index (κ3) is 3.06. The zero-order valence-electron chi connectivity index (χ0n) is 15.3. The van der Waals surface area contributed by atoms with Crippen molar-refractivity contribution in [1.29, 1.82) is 0 Å². The van der Waals surface area contributed by atoms with E-state index in [1.54, 1.807) is 19.1 Å². The largest absolute Gasteiger partial charge is 0.507 e. The van der Waals surface area contributed by atoms with Crippen LogP contribution in [-0.2, 0) is 6.18 Å². The van der Waals surface area contributed by atoms with Crippen LogP contribution in [0.1, 0.15) is 54.8 Å². The third-order valence-electron chi connectivity index (χ3n) is 5.42. The van der Waals surface area contributed by atoms with E-state index in [4.69, 9.17) is 0 Å². The molecule has 0 amide bonds. The fourth-order valence-electron chi connectivity index (χ4n) is 4.08. The Morgan fingerprint density at radius 3 is 2.54 bits per heavy atom. The number of nitrogens with zero attached hydrogens (tertiary/aromatic N) is 2. The number of aromatic nitrogens is 3. The molecule has 2 aromatic heterocycles. The zero-order valence-corrected chi connectivity index (χ0v) is 15.3. The van der Waals surface area contributed by atoms with Gasteiger partial charge in [0.15, 0.2) is 5.69 Å². The number of aromatic hydroxyl groups is 1. The minimum atomic E-state index is -4.65. The van der Waals surface area contributed by atoms with Crippen LogP contribution in [0.5, 0.6) is 5.75 Å². The zero-order chi connectivity index (χ0) is 20.1. The molecule has 2 heterocycles. The summed E-state index contributed by atoms with van der Waals surface area (Å²) in [6.45, 7) is 1.79. The molecule has 4 rings (SSSR count). The number of rotatable bonds is 2.